The van der Waals surface area contributed by atoms with Gasteiger partial charge in [-0.05, 0) is 47.5 Å². The van der Waals surface area contributed by atoms with Crippen LogP contribution in [0.4, 0.5) is 14.0 Å². The molecular formula is C14H12BrF2NO2S2. The van der Waals surface area contributed by atoms with E-state index >= 15 is 0 Å². The lowest BCUT2D eigenvalue weighted by Crippen LogP contribution is -2.12. The van der Waals surface area contributed by atoms with Gasteiger partial charge in [-0.2, -0.15) is 4.39 Å². The lowest BCUT2D eigenvalue weighted by atomic mass is 10.0. The Hall–Kier alpha value is -1.12. The third-order valence-corrected chi connectivity index (χ3v) is 5.20. The molecule has 0 radical (unpaired) electrons. The Kier molecular flexibility index (Phi) is 5.46. The Balaban J connectivity index is 2.86. The number of thiophene rings is 1. The van der Waals surface area contributed by atoms with E-state index in [9.17, 15) is 13.1 Å². The Morgan fingerprint density at radius 3 is 2.55 bits per heavy atom. The van der Waals surface area contributed by atoms with E-state index in [0.29, 0.717) is 39.0 Å². The van der Waals surface area contributed by atoms with Crippen molar-refractivity contribution in [1.29, 1.82) is 0 Å². The quantitative estimate of drug-likeness (QED) is 0.488. The molecule has 0 saturated heterocycles. The van der Waals surface area contributed by atoms with E-state index in [1.807, 2.05) is 0 Å². The van der Waals surface area contributed by atoms with Gasteiger partial charge in [-0.3, -0.25) is 4.79 Å². The molecule has 118 valence electrons. The molecule has 22 heavy (non-hydrogen) atoms. The highest BCUT2D eigenvalue weighted by Crippen LogP contribution is 2.48. The van der Waals surface area contributed by atoms with Crippen molar-refractivity contribution in [2.24, 2.45) is 0 Å². The second-order valence-electron chi connectivity index (χ2n) is 4.45. The highest BCUT2D eigenvalue weighted by molar-refractivity contribution is 9.10. The van der Waals surface area contributed by atoms with Crippen molar-refractivity contribution in [3.05, 3.63) is 32.2 Å². The van der Waals surface area contributed by atoms with Crippen LogP contribution >= 0.6 is 39.6 Å². The highest BCUT2D eigenvalue weighted by atomic mass is 79.9. The van der Waals surface area contributed by atoms with Crippen molar-refractivity contribution in [3.63, 3.8) is 0 Å². The number of halogens is 3. The summed E-state index contributed by atoms with van der Waals surface area (Å²) < 4.78 is 33.4. The molecule has 1 aromatic carbocycles. The molecule has 1 aromatic heterocycles. The minimum atomic E-state index is -0.351. The summed E-state index contributed by atoms with van der Waals surface area (Å²) in [5.74, 6) is 0.525. The van der Waals surface area contributed by atoms with Gasteiger partial charge in [0.05, 0.1) is 17.3 Å². The van der Waals surface area contributed by atoms with Gasteiger partial charge < -0.3 is 4.74 Å². The number of amides is 1. The number of rotatable bonds is 5. The minimum absolute atomic E-state index is 0.206. The van der Waals surface area contributed by atoms with Crippen molar-refractivity contribution in [2.75, 3.05) is 11.4 Å². The van der Waals surface area contributed by atoms with Crippen LogP contribution in [0.5, 0.6) is 5.75 Å². The zero-order chi connectivity index (χ0) is 16.4. The van der Waals surface area contributed by atoms with Gasteiger partial charge in [-0.1, -0.05) is 0 Å². The number of hydrogen-bond acceptors (Lipinski definition) is 4. The maximum atomic E-state index is 13.6. The SMILES string of the molecule is COc1cc(C)c(N(C=O)SF)c(-c2cc(F)sc2C)c1Br. The zero-order valence-electron chi connectivity index (χ0n) is 11.9. The first-order valence-corrected chi connectivity index (χ1v) is 8.39. The van der Waals surface area contributed by atoms with E-state index in [1.54, 1.807) is 19.9 Å². The van der Waals surface area contributed by atoms with Crippen LogP contribution in [0.2, 0.25) is 0 Å². The normalized spacial score (nSPS) is 10.6. The van der Waals surface area contributed by atoms with E-state index in [2.05, 4.69) is 15.9 Å². The Morgan fingerprint density at radius 1 is 1.41 bits per heavy atom. The molecule has 0 atom stereocenters. The molecule has 0 bridgehead atoms. The number of carbonyl (C=O) groups excluding carboxylic acids is 1. The van der Waals surface area contributed by atoms with Crippen molar-refractivity contribution in [3.8, 4) is 16.9 Å². The minimum Gasteiger partial charge on any atom is -0.496 e. The predicted molar refractivity (Wildman–Crippen MR) is 90.7 cm³/mol. The molecule has 0 aliphatic rings. The number of ether oxygens (including phenoxy) is 1. The van der Waals surface area contributed by atoms with Crippen LogP contribution < -0.4 is 9.04 Å². The number of carbonyl (C=O) groups is 1. The van der Waals surface area contributed by atoms with Gasteiger partial charge >= 0.3 is 0 Å². The molecule has 0 N–H and O–H groups in total. The van der Waals surface area contributed by atoms with Crippen molar-refractivity contribution in [2.45, 2.75) is 13.8 Å². The van der Waals surface area contributed by atoms with Crippen LogP contribution in [0.25, 0.3) is 11.1 Å². The summed E-state index contributed by atoms with van der Waals surface area (Å²) in [6, 6.07) is 3.06. The molecule has 2 rings (SSSR count). The number of methoxy groups -OCH3 is 1. The van der Waals surface area contributed by atoms with E-state index in [1.165, 1.54) is 13.2 Å². The molecule has 0 unspecified atom stereocenters. The van der Waals surface area contributed by atoms with Crippen LogP contribution in [0.1, 0.15) is 10.4 Å². The van der Waals surface area contributed by atoms with Crippen molar-refractivity contribution < 1.29 is 17.8 Å². The van der Waals surface area contributed by atoms with Gasteiger partial charge in [0.1, 0.15) is 5.75 Å². The summed E-state index contributed by atoms with van der Waals surface area (Å²) in [7, 11) is 1.51. The molecule has 1 amide bonds. The first-order valence-electron chi connectivity index (χ1n) is 6.11. The van der Waals surface area contributed by atoms with Crippen LogP contribution in [-0.2, 0) is 4.79 Å². The average molecular weight is 408 g/mol. The van der Waals surface area contributed by atoms with E-state index < -0.39 is 0 Å². The number of nitrogens with zero attached hydrogens (tertiary/aromatic N) is 1. The summed E-state index contributed by atoms with van der Waals surface area (Å²) in [6.45, 7) is 3.50. The molecular weight excluding hydrogens is 396 g/mol. The van der Waals surface area contributed by atoms with Gasteiger partial charge in [-0.25, -0.2) is 4.31 Å². The van der Waals surface area contributed by atoms with Gasteiger partial charge in [-0.15, -0.1) is 15.2 Å². The number of anilines is 1. The van der Waals surface area contributed by atoms with Crippen molar-refractivity contribution >= 4 is 51.7 Å². The molecule has 3 nitrogen and oxygen atoms in total. The standard InChI is InChI=1S/C14H12BrF2NO2S2/c1-7-4-10(20-3)13(15)12(14(7)18(6-19)22-17)9-5-11(16)21-8(9)2/h4-6H,1-3H3. The fourth-order valence-corrected chi connectivity index (χ4v) is 3.98. The lowest BCUT2D eigenvalue weighted by molar-refractivity contribution is -0.106. The molecule has 0 spiro atoms. The Bertz CT molecular complexity index is 721. The van der Waals surface area contributed by atoms with Gasteiger partial charge in [0.25, 0.3) is 0 Å². The van der Waals surface area contributed by atoms with E-state index in [-0.39, 0.29) is 17.5 Å². The predicted octanol–water partition coefficient (Wildman–Crippen LogP) is 5.44. The highest BCUT2D eigenvalue weighted by Gasteiger charge is 2.24. The molecule has 0 aliphatic heterocycles. The van der Waals surface area contributed by atoms with Crippen LogP contribution in [0.3, 0.4) is 0 Å². The van der Waals surface area contributed by atoms with Gasteiger partial charge in [0, 0.05) is 16.0 Å². The fraction of sp³-hybridized carbons (Fsp3) is 0.214. The maximum Gasteiger partial charge on any atom is 0.226 e. The third-order valence-electron chi connectivity index (χ3n) is 3.16. The Labute approximate surface area is 143 Å². The molecule has 1 heterocycles. The summed E-state index contributed by atoms with van der Waals surface area (Å²) in [6.07, 6.45) is 0.382. The lowest BCUT2D eigenvalue weighted by Gasteiger charge is -2.21. The second kappa shape index (κ2) is 6.97. The van der Waals surface area contributed by atoms with Gasteiger partial charge in [0.2, 0.25) is 6.41 Å². The number of hydrogen-bond donors (Lipinski definition) is 0. The zero-order valence-corrected chi connectivity index (χ0v) is 15.2. The Morgan fingerprint density at radius 2 is 2.09 bits per heavy atom. The average Bonchev–Trinajstić information content (AvgIpc) is 2.82. The molecule has 8 heteroatoms. The number of aryl methyl sites for hydroxylation is 2. The summed E-state index contributed by atoms with van der Waals surface area (Å²) >= 11 is 4.20. The molecule has 2 aromatic rings. The van der Waals surface area contributed by atoms with E-state index in [4.69, 9.17) is 4.74 Å². The first-order chi connectivity index (χ1) is 10.4. The van der Waals surface area contributed by atoms with Crippen molar-refractivity contribution in [1.82, 2.24) is 0 Å². The smallest absolute Gasteiger partial charge is 0.226 e. The first kappa shape index (κ1) is 17.2. The summed E-state index contributed by atoms with van der Waals surface area (Å²) in [5, 5.41) is -0.351. The van der Waals surface area contributed by atoms with Crippen LogP contribution in [0.15, 0.2) is 16.6 Å². The molecule has 0 fully saturated rings. The summed E-state index contributed by atoms with van der Waals surface area (Å²) in [4.78, 5) is 11.9. The number of benzene rings is 1. The summed E-state index contributed by atoms with van der Waals surface area (Å²) in [5.41, 5.74) is 2.11. The topological polar surface area (TPSA) is 29.5 Å². The fourth-order valence-electron chi connectivity index (χ4n) is 2.23. The third kappa shape index (κ3) is 3.00. The monoisotopic (exact) mass is 407 g/mol. The van der Waals surface area contributed by atoms with E-state index in [0.717, 1.165) is 20.5 Å². The largest absolute Gasteiger partial charge is 0.496 e. The second-order valence-corrected chi connectivity index (χ2v) is 6.98. The molecule has 0 aliphatic carbocycles. The van der Waals surface area contributed by atoms with Gasteiger partial charge in [0.15, 0.2) is 17.5 Å². The van der Waals surface area contributed by atoms with Crippen LogP contribution in [-0.4, -0.2) is 13.5 Å². The maximum absolute atomic E-state index is 13.6. The molecule has 0 saturated carbocycles. The van der Waals surface area contributed by atoms with Crippen LogP contribution in [0, 0.1) is 19.0 Å².